The van der Waals surface area contributed by atoms with Gasteiger partial charge in [0, 0.05) is 18.5 Å². The van der Waals surface area contributed by atoms with Gasteiger partial charge >= 0.3 is 5.91 Å². The van der Waals surface area contributed by atoms with Crippen molar-refractivity contribution in [3.8, 4) is 17.4 Å². The van der Waals surface area contributed by atoms with Crippen LogP contribution in [-0.2, 0) is 11.3 Å². The number of hydrogen-bond acceptors (Lipinski definition) is 6. The Labute approximate surface area is 180 Å². The van der Waals surface area contributed by atoms with E-state index in [9.17, 15) is 9.90 Å². The summed E-state index contributed by atoms with van der Waals surface area (Å²) in [5, 5.41) is 19.5. The maximum Gasteiger partial charge on any atom is 0.308 e. The van der Waals surface area contributed by atoms with E-state index in [2.05, 4.69) is 29.0 Å². The molecular weight excluding hydrogens is 396 g/mol. The van der Waals surface area contributed by atoms with Gasteiger partial charge in [-0.2, -0.15) is 0 Å². The minimum Gasteiger partial charge on any atom is -0.493 e. The molecule has 1 N–H and O–H groups in total. The number of carbonyl (C=O) groups is 1. The summed E-state index contributed by atoms with van der Waals surface area (Å²) in [6.45, 7) is 7.55. The average Bonchev–Trinajstić information content (AvgIpc) is 3.08. The van der Waals surface area contributed by atoms with E-state index in [4.69, 9.17) is 9.47 Å². The molecule has 8 heteroatoms. The van der Waals surface area contributed by atoms with Gasteiger partial charge in [-0.1, -0.05) is 44.2 Å². The monoisotopic (exact) mass is 422 g/mol. The maximum atomic E-state index is 12.6. The number of nitrogens with zero attached hydrogens (tertiary/aromatic N) is 4. The Morgan fingerprint density at radius 1 is 1.13 bits per heavy atom. The topological polar surface area (TPSA) is 88.7 Å². The molecule has 0 bridgehead atoms. The van der Waals surface area contributed by atoms with E-state index in [1.54, 1.807) is 12.1 Å². The predicted octanol–water partition coefficient (Wildman–Crippen LogP) is 4.14. The van der Waals surface area contributed by atoms with Crippen LogP contribution in [0.4, 0.5) is 5.69 Å². The maximum absolute atomic E-state index is 12.6. The summed E-state index contributed by atoms with van der Waals surface area (Å²) in [6.07, 6.45) is -0.878. The van der Waals surface area contributed by atoms with Gasteiger partial charge in [-0.15, -0.1) is 10.2 Å². The Kier molecular flexibility index (Phi) is 6.18. The number of aromatic nitrogens is 1. The summed E-state index contributed by atoms with van der Waals surface area (Å²) in [6, 6.07) is 14.7. The van der Waals surface area contributed by atoms with Crippen LogP contribution in [0.5, 0.6) is 17.4 Å². The smallest absolute Gasteiger partial charge is 0.308 e. The molecule has 1 aliphatic rings. The van der Waals surface area contributed by atoms with Crippen molar-refractivity contribution in [2.75, 3.05) is 26.2 Å². The molecule has 4 rings (SSSR count). The second-order valence-electron chi connectivity index (χ2n) is 7.27. The lowest BCUT2D eigenvalue weighted by Crippen LogP contribution is -2.35. The second-order valence-corrected chi connectivity index (χ2v) is 7.27. The lowest BCUT2D eigenvalue weighted by atomic mass is 10.2. The average molecular weight is 422 g/mol. The van der Waals surface area contributed by atoms with E-state index >= 15 is 0 Å². The number of ether oxygens (including phenoxy) is 2. The normalized spacial score (nSPS) is 15.8. The van der Waals surface area contributed by atoms with Crippen LogP contribution in [0.15, 0.2) is 58.8 Å². The molecule has 0 unspecified atom stereocenters. The summed E-state index contributed by atoms with van der Waals surface area (Å²) in [5.41, 5.74) is 1.13. The van der Waals surface area contributed by atoms with E-state index in [1.165, 1.54) is 0 Å². The summed E-state index contributed by atoms with van der Waals surface area (Å²) in [4.78, 5) is 14.8. The van der Waals surface area contributed by atoms with Gasteiger partial charge in [0.05, 0.1) is 5.52 Å². The van der Waals surface area contributed by atoms with Gasteiger partial charge in [0.15, 0.2) is 17.2 Å². The zero-order chi connectivity index (χ0) is 21.8. The van der Waals surface area contributed by atoms with Gasteiger partial charge in [-0.3, -0.25) is 4.79 Å². The van der Waals surface area contributed by atoms with Crippen molar-refractivity contribution in [1.82, 2.24) is 9.47 Å². The van der Waals surface area contributed by atoms with Crippen LogP contribution < -0.4 is 9.47 Å². The Morgan fingerprint density at radius 3 is 2.61 bits per heavy atom. The standard InChI is InChI=1S/C23H26N4O4/c1-3-26(4-2)13-14-27-17-10-6-5-9-16(17)21(23(27)29)24-25-22(28)20-15-30-18-11-7-8-12-19(18)31-20/h5-12,20,29H,3-4,13-15H2,1-2H3/t20-/m0/s1. The van der Waals surface area contributed by atoms with Crippen molar-refractivity contribution in [3.05, 3.63) is 48.5 Å². The Morgan fingerprint density at radius 2 is 1.84 bits per heavy atom. The number of benzene rings is 2. The van der Waals surface area contributed by atoms with Gasteiger partial charge < -0.3 is 24.0 Å². The first-order chi connectivity index (χ1) is 15.1. The summed E-state index contributed by atoms with van der Waals surface area (Å²) < 4.78 is 13.1. The number of hydrogen-bond donors (Lipinski definition) is 1. The highest BCUT2D eigenvalue weighted by molar-refractivity contribution is 5.95. The number of rotatable bonds is 7. The fourth-order valence-electron chi connectivity index (χ4n) is 3.68. The van der Waals surface area contributed by atoms with Crippen LogP contribution in [0.1, 0.15) is 13.8 Å². The van der Waals surface area contributed by atoms with E-state index in [0.29, 0.717) is 18.0 Å². The van der Waals surface area contributed by atoms with Crippen LogP contribution >= 0.6 is 0 Å². The van der Waals surface area contributed by atoms with E-state index in [-0.39, 0.29) is 18.2 Å². The quantitative estimate of drug-likeness (QED) is 0.578. The molecule has 0 radical (unpaired) electrons. The second kappa shape index (κ2) is 9.18. The molecular formula is C23H26N4O4. The van der Waals surface area contributed by atoms with Crippen molar-refractivity contribution in [1.29, 1.82) is 0 Å². The van der Waals surface area contributed by atoms with Crippen LogP contribution in [0.25, 0.3) is 10.9 Å². The molecule has 162 valence electrons. The highest BCUT2D eigenvalue weighted by atomic mass is 16.6. The van der Waals surface area contributed by atoms with Crippen LogP contribution in [0.2, 0.25) is 0 Å². The van der Waals surface area contributed by atoms with Crippen LogP contribution in [0, 0.1) is 0 Å². The van der Waals surface area contributed by atoms with Crippen molar-refractivity contribution < 1.29 is 19.4 Å². The number of carbonyl (C=O) groups excluding carboxylic acids is 1. The zero-order valence-corrected chi connectivity index (χ0v) is 17.7. The van der Waals surface area contributed by atoms with Crippen molar-refractivity contribution in [2.45, 2.75) is 26.5 Å². The summed E-state index contributed by atoms with van der Waals surface area (Å²) in [5.74, 6) is 0.528. The molecule has 0 spiro atoms. The highest BCUT2D eigenvalue weighted by Crippen LogP contribution is 2.39. The number of likely N-dealkylation sites (N-methyl/N-ethyl adjacent to an activating group) is 1. The molecule has 1 aliphatic heterocycles. The highest BCUT2D eigenvalue weighted by Gasteiger charge is 2.27. The van der Waals surface area contributed by atoms with Gasteiger partial charge in [0.25, 0.3) is 0 Å². The van der Waals surface area contributed by atoms with Gasteiger partial charge in [-0.05, 0) is 31.3 Å². The summed E-state index contributed by atoms with van der Waals surface area (Å²) >= 11 is 0. The zero-order valence-electron chi connectivity index (χ0n) is 17.7. The first kappa shape index (κ1) is 20.9. The van der Waals surface area contributed by atoms with Crippen LogP contribution in [0.3, 0.4) is 0 Å². The molecule has 3 aromatic rings. The molecule has 1 amide bonds. The van der Waals surface area contributed by atoms with E-state index in [0.717, 1.165) is 30.5 Å². The Balaban J connectivity index is 1.56. The predicted molar refractivity (Wildman–Crippen MR) is 117 cm³/mol. The molecule has 0 saturated carbocycles. The van der Waals surface area contributed by atoms with E-state index in [1.807, 2.05) is 41.0 Å². The fraction of sp³-hybridized carbons (Fsp3) is 0.348. The number of amides is 1. The largest absolute Gasteiger partial charge is 0.493 e. The molecule has 8 nitrogen and oxygen atoms in total. The van der Waals surface area contributed by atoms with E-state index < -0.39 is 12.0 Å². The van der Waals surface area contributed by atoms with Gasteiger partial charge in [0.1, 0.15) is 6.61 Å². The Bertz CT molecular complexity index is 1100. The number of azo groups is 1. The lowest BCUT2D eigenvalue weighted by molar-refractivity contribution is -0.127. The minimum atomic E-state index is -0.878. The fourth-order valence-corrected chi connectivity index (χ4v) is 3.68. The van der Waals surface area contributed by atoms with Crippen LogP contribution in [-0.4, -0.2) is 52.8 Å². The molecule has 31 heavy (non-hydrogen) atoms. The van der Waals surface area contributed by atoms with Crippen molar-refractivity contribution in [3.63, 3.8) is 0 Å². The molecule has 1 aromatic heterocycles. The van der Waals surface area contributed by atoms with Crippen molar-refractivity contribution in [2.24, 2.45) is 10.2 Å². The number of fused-ring (bicyclic) bond motifs is 2. The van der Waals surface area contributed by atoms with Gasteiger partial charge in [0.2, 0.25) is 12.0 Å². The first-order valence-corrected chi connectivity index (χ1v) is 10.5. The Hall–Kier alpha value is -3.39. The molecule has 2 aromatic carbocycles. The molecule has 0 saturated heterocycles. The molecule has 0 fully saturated rings. The number of aromatic hydroxyl groups is 1. The lowest BCUT2D eigenvalue weighted by Gasteiger charge is -2.23. The molecule has 1 atom stereocenters. The molecule has 2 heterocycles. The van der Waals surface area contributed by atoms with Crippen molar-refractivity contribution >= 4 is 22.5 Å². The SMILES string of the molecule is CCN(CC)CCn1c(O)c(N=NC(=O)[C@@H]2COc3ccccc3O2)c2ccccc21. The van der Waals surface area contributed by atoms with Gasteiger partial charge in [-0.25, -0.2) is 0 Å². The first-order valence-electron chi connectivity index (χ1n) is 10.5. The number of para-hydroxylation sites is 3. The third-order valence-corrected chi connectivity index (χ3v) is 5.48. The third kappa shape index (κ3) is 4.25. The minimum absolute atomic E-state index is 0.00364. The summed E-state index contributed by atoms with van der Waals surface area (Å²) in [7, 11) is 0. The molecule has 0 aliphatic carbocycles. The third-order valence-electron chi connectivity index (χ3n) is 5.48.